The Bertz CT molecular complexity index is 72.1. The smallest absolute Gasteiger partial charge is 0.159 e. The van der Waals surface area contributed by atoms with Gasteiger partial charge in [-0.25, -0.2) is 0 Å². The fraction of sp³-hybridized carbons (Fsp3) is 0.750. The van der Waals surface area contributed by atoms with Crippen LogP contribution < -0.4 is 5.73 Å². The number of rotatable bonds is 2. The molecular weight excluding hydrogens is 94.0 g/mol. The Morgan fingerprint density at radius 3 is 2.43 bits per heavy atom. The highest BCUT2D eigenvalue weighted by Gasteiger charge is 2.03. The van der Waals surface area contributed by atoms with E-state index in [0.29, 0.717) is 0 Å². The molecule has 0 amide bonds. The average molecular weight is 103 g/mol. The van der Waals surface area contributed by atoms with Crippen molar-refractivity contribution in [1.82, 2.24) is 0 Å². The van der Waals surface area contributed by atoms with Gasteiger partial charge in [0.2, 0.25) is 0 Å². The summed E-state index contributed by atoms with van der Waals surface area (Å²) in [5.41, 5.74) is 4.90. The fourth-order valence-corrected chi connectivity index (χ4v) is 0.166. The van der Waals surface area contributed by atoms with Gasteiger partial charge in [-0.1, -0.05) is 0 Å². The van der Waals surface area contributed by atoms with Crippen LogP contribution in [0.3, 0.4) is 0 Å². The molecule has 0 aliphatic rings. The van der Waals surface area contributed by atoms with E-state index in [4.69, 9.17) is 10.8 Å². The van der Waals surface area contributed by atoms with Gasteiger partial charge in [-0.15, -0.1) is 0 Å². The lowest BCUT2D eigenvalue weighted by Crippen LogP contribution is -2.26. The molecule has 3 N–H and O–H groups in total. The van der Waals surface area contributed by atoms with Gasteiger partial charge < -0.3 is 10.8 Å². The van der Waals surface area contributed by atoms with Crippen molar-refractivity contribution < 1.29 is 9.90 Å². The number of hydrogen-bond donors (Lipinski definition) is 2. The molecule has 0 rings (SSSR count). The van der Waals surface area contributed by atoms with E-state index in [2.05, 4.69) is 0 Å². The summed E-state index contributed by atoms with van der Waals surface area (Å²) in [7, 11) is 0. The molecule has 0 saturated heterocycles. The van der Waals surface area contributed by atoms with Gasteiger partial charge in [0.25, 0.3) is 0 Å². The van der Waals surface area contributed by atoms with Crippen LogP contribution in [0.25, 0.3) is 0 Å². The normalized spacial score (nSPS) is 13.6. The van der Waals surface area contributed by atoms with Gasteiger partial charge in [0.15, 0.2) is 5.78 Å². The zero-order chi connectivity index (χ0) is 5.86. The molecule has 0 aromatic rings. The van der Waals surface area contributed by atoms with Crippen molar-refractivity contribution in [1.29, 1.82) is 0 Å². The summed E-state index contributed by atoms with van der Waals surface area (Å²) in [6, 6.07) is 0. The minimum atomic E-state index is -0.958. The lowest BCUT2D eigenvalue weighted by atomic mass is 10.3. The van der Waals surface area contributed by atoms with E-state index < -0.39 is 6.10 Å². The summed E-state index contributed by atoms with van der Waals surface area (Å²) in [5.74, 6) is -0.275. The quantitative estimate of drug-likeness (QED) is 0.466. The summed E-state index contributed by atoms with van der Waals surface area (Å²) in [6.07, 6.45) is -0.958. The van der Waals surface area contributed by atoms with Gasteiger partial charge in [0.1, 0.15) is 6.10 Å². The van der Waals surface area contributed by atoms with Gasteiger partial charge in [-0.2, -0.15) is 0 Å². The van der Waals surface area contributed by atoms with Crippen LogP contribution in [0.15, 0.2) is 0 Å². The first-order valence-electron chi connectivity index (χ1n) is 2.07. The van der Waals surface area contributed by atoms with Crippen LogP contribution in [-0.2, 0) is 4.79 Å². The highest BCUT2D eigenvalue weighted by molar-refractivity contribution is 5.80. The van der Waals surface area contributed by atoms with Crippen molar-refractivity contribution in [2.24, 2.45) is 5.73 Å². The molecule has 3 nitrogen and oxygen atoms in total. The Labute approximate surface area is 42.1 Å². The Balaban J connectivity index is 3.34. The number of aliphatic hydroxyl groups excluding tert-OH is 1. The van der Waals surface area contributed by atoms with E-state index in [-0.39, 0.29) is 12.3 Å². The number of hydrogen-bond acceptors (Lipinski definition) is 3. The van der Waals surface area contributed by atoms with Gasteiger partial charge in [-0.3, -0.25) is 4.79 Å². The number of carbonyl (C=O) groups is 1. The highest BCUT2D eigenvalue weighted by Crippen LogP contribution is 1.77. The second-order valence-corrected chi connectivity index (χ2v) is 1.36. The second kappa shape index (κ2) is 2.71. The predicted octanol–water partition coefficient (Wildman–Crippen LogP) is -1.10. The first kappa shape index (κ1) is 6.59. The number of carbonyl (C=O) groups excluding carboxylic acids is 1. The van der Waals surface area contributed by atoms with Crippen molar-refractivity contribution in [3.05, 3.63) is 0 Å². The molecule has 0 aliphatic heterocycles. The molecule has 7 heavy (non-hydrogen) atoms. The third-order valence-electron chi connectivity index (χ3n) is 0.693. The van der Waals surface area contributed by atoms with Crippen LogP contribution in [0, 0.1) is 0 Å². The van der Waals surface area contributed by atoms with Crippen LogP contribution in [0.4, 0.5) is 0 Å². The summed E-state index contributed by atoms with van der Waals surface area (Å²) < 4.78 is 0. The van der Waals surface area contributed by atoms with Crippen molar-refractivity contribution in [3.8, 4) is 0 Å². The van der Waals surface area contributed by atoms with Gasteiger partial charge in [0.05, 0.1) is 0 Å². The van der Waals surface area contributed by atoms with E-state index in [1.165, 1.54) is 6.92 Å². The number of nitrogens with two attached hydrogens (primary N) is 1. The largest absolute Gasteiger partial charge is 0.384 e. The van der Waals surface area contributed by atoms with E-state index in [1.54, 1.807) is 0 Å². The molecule has 0 aromatic carbocycles. The maximum Gasteiger partial charge on any atom is 0.159 e. The Hall–Kier alpha value is -0.410. The summed E-state index contributed by atoms with van der Waals surface area (Å²) >= 11 is 0. The van der Waals surface area contributed by atoms with E-state index >= 15 is 0 Å². The molecule has 3 heteroatoms. The van der Waals surface area contributed by atoms with Gasteiger partial charge in [-0.05, 0) is 6.92 Å². The molecule has 0 bridgehead atoms. The minimum absolute atomic E-state index is 0.0231. The number of aliphatic hydroxyl groups is 1. The molecule has 0 spiro atoms. The molecule has 0 heterocycles. The first-order valence-corrected chi connectivity index (χ1v) is 2.07. The van der Waals surface area contributed by atoms with Crippen molar-refractivity contribution in [2.75, 3.05) is 6.54 Å². The third-order valence-corrected chi connectivity index (χ3v) is 0.693. The van der Waals surface area contributed by atoms with E-state index in [0.717, 1.165) is 0 Å². The summed E-state index contributed by atoms with van der Waals surface area (Å²) in [6.45, 7) is 1.33. The van der Waals surface area contributed by atoms with Crippen molar-refractivity contribution in [2.45, 2.75) is 13.0 Å². The summed E-state index contributed by atoms with van der Waals surface area (Å²) in [4.78, 5) is 10.0. The van der Waals surface area contributed by atoms with Crippen LogP contribution >= 0.6 is 0 Å². The van der Waals surface area contributed by atoms with Crippen LogP contribution in [0.2, 0.25) is 0 Å². The maximum atomic E-state index is 10.0. The number of Topliss-reactive ketones (excluding diaryl/α,β-unsaturated/α-hetero) is 1. The second-order valence-electron chi connectivity index (χ2n) is 1.36. The average Bonchev–Trinajstić information content (AvgIpc) is 1.65. The molecule has 0 radical (unpaired) electrons. The SMILES string of the molecule is CC(=O)C(O)CN. The Kier molecular flexibility index (Phi) is 2.55. The molecular formula is C4H9NO2. The molecule has 42 valence electrons. The Morgan fingerprint density at radius 1 is 2.00 bits per heavy atom. The molecule has 0 aromatic heterocycles. The maximum absolute atomic E-state index is 10.0. The van der Waals surface area contributed by atoms with Crippen molar-refractivity contribution >= 4 is 5.78 Å². The molecule has 0 saturated carbocycles. The van der Waals surface area contributed by atoms with Crippen LogP contribution in [0.1, 0.15) is 6.92 Å². The molecule has 0 aliphatic carbocycles. The molecule has 0 fully saturated rings. The topological polar surface area (TPSA) is 63.3 Å². The van der Waals surface area contributed by atoms with Gasteiger partial charge >= 0.3 is 0 Å². The fourth-order valence-electron chi connectivity index (χ4n) is 0.166. The van der Waals surface area contributed by atoms with Crippen molar-refractivity contribution in [3.63, 3.8) is 0 Å². The third kappa shape index (κ3) is 2.31. The van der Waals surface area contributed by atoms with Crippen LogP contribution in [0.5, 0.6) is 0 Å². The highest BCUT2D eigenvalue weighted by atomic mass is 16.3. The lowest BCUT2D eigenvalue weighted by Gasteiger charge is -1.97. The zero-order valence-corrected chi connectivity index (χ0v) is 4.22. The predicted molar refractivity (Wildman–Crippen MR) is 25.7 cm³/mol. The monoisotopic (exact) mass is 103 g/mol. The zero-order valence-electron chi connectivity index (χ0n) is 4.22. The van der Waals surface area contributed by atoms with E-state index in [9.17, 15) is 4.79 Å². The minimum Gasteiger partial charge on any atom is -0.384 e. The lowest BCUT2D eigenvalue weighted by molar-refractivity contribution is -0.124. The summed E-state index contributed by atoms with van der Waals surface area (Å²) in [5, 5.41) is 8.46. The molecule has 1 unspecified atom stereocenters. The number of ketones is 1. The molecule has 1 atom stereocenters. The van der Waals surface area contributed by atoms with Crippen LogP contribution in [-0.4, -0.2) is 23.5 Å². The standard InChI is InChI=1S/C4H9NO2/c1-3(6)4(7)2-5/h4,7H,2,5H2,1H3. The van der Waals surface area contributed by atoms with Gasteiger partial charge in [0, 0.05) is 6.54 Å². The first-order chi connectivity index (χ1) is 3.18. The van der Waals surface area contributed by atoms with E-state index in [1.807, 2.05) is 0 Å². The Morgan fingerprint density at radius 2 is 2.43 bits per heavy atom.